The van der Waals surface area contributed by atoms with Gasteiger partial charge in [-0.25, -0.2) is 0 Å². The van der Waals surface area contributed by atoms with Crippen LogP contribution in [-0.2, 0) is 0 Å². The average Bonchev–Trinajstić information content (AvgIpc) is 2.94. The van der Waals surface area contributed by atoms with Crippen LogP contribution in [0.4, 0.5) is 0 Å². The molecule has 1 aliphatic carbocycles. The molecule has 0 bridgehead atoms. The summed E-state index contributed by atoms with van der Waals surface area (Å²) < 4.78 is 0. The lowest BCUT2D eigenvalue weighted by Crippen LogP contribution is -2.40. The summed E-state index contributed by atoms with van der Waals surface area (Å²) in [7, 11) is 2.24. The molecule has 26 heavy (non-hydrogen) atoms. The SMILES string of the molecule is CCNC(=NCCCN1CCCN(C)CC1)N1CC2CCCCC2C1.I. The van der Waals surface area contributed by atoms with Crippen molar-refractivity contribution < 1.29 is 0 Å². The molecule has 1 N–H and O–H groups in total. The van der Waals surface area contributed by atoms with Crippen LogP contribution in [0.1, 0.15) is 45.4 Å². The van der Waals surface area contributed by atoms with Crippen molar-refractivity contribution >= 4 is 29.9 Å². The molecule has 0 aromatic heterocycles. The minimum absolute atomic E-state index is 0. The van der Waals surface area contributed by atoms with E-state index < -0.39 is 0 Å². The van der Waals surface area contributed by atoms with Gasteiger partial charge < -0.3 is 20.0 Å². The van der Waals surface area contributed by atoms with Gasteiger partial charge in [0.15, 0.2) is 5.96 Å². The summed E-state index contributed by atoms with van der Waals surface area (Å²) in [6.07, 6.45) is 8.23. The summed E-state index contributed by atoms with van der Waals surface area (Å²) in [5, 5.41) is 3.54. The Morgan fingerprint density at radius 3 is 2.42 bits per heavy atom. The molecule has 0 aromatic rings. The molecule has 1 saturated carbocycles. The van der Waals surface area contributed by atoms with Crippen molar-refractivity contribution in [3.63, 3.8) is 0 Å². The van der Waals surface area contributed by atoms with Crippen LogP contribution >= 0.6 is 24.0 Å². The average molecular weight is 477 g/mol. The van der Waals surface area contributed by atoms with Crippen molar-refractivity contribution in [1.29, 1.82) is 0 Å². The number of fused-ring (bicyclic) bond motifs is 1. The molecule has 2 saturated heterocycles. The highest BCUT2D eigenvalue weighted by Gasteiger charge is 2.35. The van der Waals surface area contributed by atoms with E-state index in [1.807, 2.05) is 0 Å². The maximum absolute atomic E-state index is 4.97. The van der Waals surface area contributed by atoms with Gasteiger partial charge in [-0.1, -0.05) is 12.8 Å². The van der Waals surface area contributed by atoms with E-state index in [1.165, 1.54) is 90.3 Å². The van der Waals surface area contributed by atoms with Crippen LogP contribution in [0.2, 0.25) is 0 Å². The number of guanidine groups is 1. The second-order valence-electron chi connectivity index (χ2n) is 8.30. The Morgan fingerprint density at radius 2 is 1.73 bits per heavy atom. The molecule has 152 valence electrons. The molecule has 2 atom stereocenters. The summed E-state index contributed by atoms with van der Waals surface area (Å²) in [6, 6.07) is 0. The third-order valence-electron chi connectivity index (χ3n) is 6.32. The van der Waals surface area contributed by atoms with Crippen LogP contribution < -0.4 is 5.32 Å². The van der Waals surface area contributed by atoms with Crippen molar-refractivity contribution in [2.45, 2.75) is 45.4 Å². The van der Waals surface area contributed by atoms with Crippen LogP contribution in [0.15, 0.2) is 4.99 Å². The van der Waals surface area contributed by atoms with Crippen LogP contribution in [-0.4, -0.2) is 86.6 Å². The van der Waals surface area contributed by atoms with Gasteiger partial charge >= 0.3 is 0 Å². The third kappa shape index (κ3) is 6.51. The topological polar surface area (TPSA) is 34.1 Å². The van der Waals surface area contributed by atoms with Gasteiger partial charge in [0.1, 0.15) is 0 Å². The van der Waals surface area contributed by atoms with Crippen molar-refractivity contribution in [3.05, 3.63) is 0 Å². The molecule has 5 nitrogen and oxygen atoms in total. The van der Waals surface area contributed by atoms with Crippen molar-refractivity contribution in [2.75, 3.05) is 66.0 Å². The standard InChI is InChI=1S/C20H39N5.HI/c1-3-21-20(25-16-18-8-4-5-9-19(18)17-25)22-10-6-12-24-13-7-11-23(2)14-15-24;/h18-19H,3-17H2,1-2H3,(H,21,22);1H. The summed E-state index contributed by atoms with van der Waals surface area (Å²) in [5.41, 5.74) is 0. The largest absolute Gasteiger partial charge is 0.357 e. The van der Waals surface area contributed by atoms with Gasteiger partial charge in [0, 0.05) is 39.3 Å². The Morgan fingerprint density at radius 1 is 1.00 bits per heavy atom. The lowest BCUT2D eigenvalue weighted by molar-refractivity contribution is 0.275. The summed E-state index contributed by atoms with van der Waals surface area (Å²) in [6.45, 7) is 12.7. The Kier molecular flexibility index (Phi) is 9.99. The highest BCUT2D eigenvalue weighted by molar-refractivity contribution is 14.0. The molecule has 0 amide bonds. The molecule has 2 heterocycles. The van der Waals surface area contributed by atoms with Crippen molar-refractivity contribution in [2.24, 2.45) is 16.8 Å². The molecule has 0 radical (unpaired) electrons. The van der Waals surface area contributed by atoms with E-state index in [0.717, 1.165) is 24.9 Å². The third-order valence-corrected chi connectivity index (χ3v) is 6.32. The highest BCUT2D eigenvalue weighted by Crippen LogP contribution is 2.35. The van der Waals surface area contributed by atoms with Gasteiger partial charge in [0.2, 0.25) is 0 Å². The number of hydrogen-bond donors (Lipinski definition) is 1. The van der Waals surface area contributed by atoms with Crippen LogP contribution in [0.25, 0.3) is 0 Å². The van der Waals surface area contributed by atoms with E-state index in [4.69, 9.17) is 4.99 Å². The lowest BCUT2D eigenvalue weighted by atomic mass is 9.82. The van der Waals surface area contributed by atoms with E-state index >= 15 is 0 Å². The predicted molar refractivity (Wildman–Crippen MR) is 122 cm³/mol. The Hall–Kier alpha value is -0.0800. The summed E-state index contributed by atoms with van der Waals surface area (Å²) >= 11 is 0. The first-order valence-corrected chi connectivity index (χ1v) is 10.7. The first-order valence-electron chi connectivity index (χ1n) is 10.7. The number of nitrogens with one attached hydrogen (secondary N) is 1. The maximum Gasteiger partial charge on any atom is 0.193 e. The van der Waals surface area contributed by atoms with Crippen LogP contribution in [0, 0.1) is 11.8 Å². The molecule has 3 rings (SSSR count). The second-order valence-corrected chi connectivity index (χ2v) is 8.30. The molecule has 2 aliphatic heterocycles. The fourth-order valence-electron chi connectivity index (χ4n) is 4.81. The zero-order valence-electron chi connectivity index (χ0n) is 17.0. The first-order chi connectivity index (χ1) is 12.3. The first kappa shape index (κ1) is 22.2. The predicted octanol–water partition coefficient (Wildman–Crippen LogP) is 2.72. The number of aliphatic imine (C=N–C) groups is 1. The van der Waals surface area contributed by atoms with E-state index in [-0.39, 0.29) is 24.0 Å². The molecular formula is C20H40IN5. The quantitative estimate of drug-likeness (QED) is 0.286. The Bertz CT molecular complexity index is 416. The molecule has 6 heteroatoms. The van der Waals surface area contributed by atoms with Gasteiger partial charge in [-0.2, -0.15) is 0 Å². The number of likely N-dealkylation sites (N-methyl/N-ethyl adjacent to an activating group) is 1. The minimum Gasteiger partial charge on any atom is -0.357 e. The van der Waals surface area contributed by atoms with Crippen molar-refractivity contribution in [1.82, 2.24) is 20.0 Å². The Balaban J connectivity index is 0.00000243. The molecule has 0 spiro atoms. The number of likely N-dealkylation sites (tertiary alicyclic amines) is 1. The van der Waals surface area contributed by atoms with E-state index in [1.54, 1.807) is 0 Å². The molecule has 3 aliphatic rings. The van der Waals surface area contributed by atoms with Crippen LogP contribution in [0.3, 0.4) is 0 Å². The van der Waals surface area contributed by atoms with Crippen molar-refractivity contribution in [3.8, 4) is 0 Å². The second kappa shape index (κ2) is 11.7. The van der Waals surface area contributed by atoms with Gasteiger partial charge in [-0.15, -0.1) is 24.0 Å². The Labute approximate surface area is 178 Å². The molecule has 3 fully saturated rings. The maximum atomic E-state index is 4.97. The zero-order chi connectivity index (χ0) is 17.5. The van der Waals surface area contributed by atoms with Crippen LogP contribution in [0.5, 0.6) is 0 Å². The number of nitrogens with zero attached hydrogens (tertiary/aromatic N) is 4. The molecule has 2 unspecified atom stereocenters. The highest BCUT2D eigenvalue weighted by atomic mass is 127. The monoisotopic (exact) mass is 477 g/mol. The zero-order valence-corrected chi connectivity index (χ0v) is 19.3. The molecule has 0 aromatic carbocycles. The van der Waals surface area contributed by atoms with E-state index in [0.29, 0.717) is 0 Å². The lowest BCUT2D eigenvalue weighted by Gasteiger charge is -2.22. The fraction of sp³-hybridized carbons (Fsp3) is 0.950. The van der Waals surface area contributed by atoms with E-state index in [9.17, 15) is 0 Å². The van der Waals surface area contributed by atoms with Gasteiger partial charge in [-0.3, -0.25) is 4.99 Å². The van der Waals surface area contributed by atoms with E-state index in [2.05, 4.69) is 34.0 Å². The van der Waals surface area contributed by atoms with Gasteiger partial charge in [-0.05, 0) is 71.1 Å². The molecular weight excluding hydrogens is 437 g/mol. The fourth-order valence-corrected chi connectivity index (χ4v) is 4.81. The number of rotatable bonds is 5. The summed E-state index contributed by atoms with van der Waals surface area (Å²) in [4.78, 5) is 12.6. The van der Waals surface area contributed by atoms with Gasteiger partial charge in [0.25, 0.3) is 0 Å². The normalized spacial score (nSPS) is 28.4. The number of halogens is 1. The van der Waals surface area contributed by atoms with Gasteiger partial charge in [0.05, 0.1) is 0 Å². The minimum atomic E-state index is 0. The smallest absolute Gasteiger partial charge is 0.193 e. The summed E-state index contributed by atoms with van der Waals surface area (Å²) in [5.74, 6) is 3.02. The number of hydrogen-bond acceptors (Lipinski definition) is 3.